The fraction of sp³-hybridized carbons (Fsp3) is 0.222. The van der Waals surface area contributed by atoms with Crippen LogP contribution in [0.25, 0.3) is 0 Å². The third-order valence-corrected chi connectivity index (χ3v) is 6.75. The van der Waals surface area contributed by atoms with E-state index < -0.39 is 0 Å². The van der Waals surface area contributed by atoms with Crippen molar-refractivity contribution in [3.63, 3.8) is 0 Å². The zero-order chi connectivity index (χ0) is 25.9. The van der Waals surface area contributed by atoms with Crippen molar-refractivity contribution in [2.75, 3.05) is 23.5 Å². The molecule has 37 heavy (non-hydrogen) atoms. The van der Waals surface area contributed by atoms with Gasteiger partial charge >= 0.3 is 0 Å². The molecule has 2 aromatic heterocycles. The van der Waals surface area contributed by atoms with E-state index in [0.29, 0.717) is 31.7 Å². The number of carbonyl (C=O) groups excluding carboxylic acids is 1. The minimum atomic E-state index is -0.290. The van der Waals surface area contributed by atoms with Gasteiger partial charge in [-0.1, -0.05) is 36.4 Å². The second-order valence-electron chi connectivity index (χ2n) is 9.18. The molecule has 4 aromatic rings. The monoisotopic (exact) mass is 516 g/mol. The number of benzene rings is 2. The van der Waals surface area contributed by atoms with Crippen LogP contribution in [-0.4, -0.2) is 39.4 Å². The van der Waals surface area contributed by atoms with E-state index in [1.807, 2.05) is 60.1 Å². The third kappa shape index (κ3) is 5.67. The van der Waals surface area contributed by atoms with E-state index in [2.05, 4.69) is 19.8 Å². The number of hydrogen-bond donors (Lipinski definition) is 2. The Morgan fingerprint density at radius 3 is 2.65 bits per heavy atom. The summed E-state index contributed by atoms with van der Waals surface area (Å²) >= 11 is 0. The zero-order valence-electron chi connectivity index (χ0n) is 20.5. The number of carbonyl (C=O) groups is 1. The maximum Gasteiger partial charge on any atom is 0.256 e. The average Bonchev–Trinajstić information content (AvgIpc) is 3.24. The van der Waals surface area contributed by atoms with Crippen molar-refractivity contribution in [2.45, 2.75) is 26.1 Å². The standard InChI is InChI=1S/C27H29N6O3P/c1-18-5-10-23-24(12-18)36-21(16-33(23)37)13-29-27(35)22-17-32(30-26(22)28)15-20-8-6-19(7-9-20)14-31-11-3-2-4-25(31)34/h2-12,17,21H,13-16,37H2,1H3,(H2,28,30)(H,29,35). The molecule has 1 aliphatic heterocycles. The Hall–Kier alpha value is -4.10. The number of amides is 1. The van der Waals surface area contributed by atoms with E-state index in [4.69, 9.17) is 10.5 Å². The molecule has 2 aromatic carbocycles. The van der Waals surface area contributed by atoms with Crippen molar-refractivity contribution >= 4 is 26.8 Å². The Labute approximate surface area is 217 Å². The fourth-order valence-corrected chi connectivity index (χ4v) is 4.76. The van der Waals surface area contributed by atoms with Crippen LogP contribution in [0.15, 0.2) is 77.9 Å². The van der Waals surface area contributed by atoms with E-state index in [9.17, 15) is 9.59 Å². The number of anilines is 2. The molecule has 1 amide bonds. The highest BCUT2D eigenvalue weighted by atomic mass is 31.0. The maximum atomic E-state index is 12.9. The Kier molecular flexibility index (Phi) is 6.97. The molecule has 5 rings (SSSR count). The van der Waals surface area contributed by atoms with Gasteiger partial charge in [0, 0.05) is 18.5 Å². The average molecular weight is 517 g/mol. The summed E-state index contributed by atoms with van der Waals surface area (Å²) in [7, 11) is 2.70. The minimum Gasteiger partial charge on any atom is -0.485 e. The Balaban J connectivity index is 1.18. The Bertz CT molecular complexity index is 1480. The Morgan fingerprint density at radius 1 is 1.14 bits per heavy atom. The van der Waals surface area contributed by atoms with Gasteiger partial charge < -0.3 is 25.0 Å². The largest absolute Gasteiger partial charge is 0.485 e. The predicted octanol–water partition coefficient (Wildman–Crippen LogP) is 2.82. The van der Waals surface area contributed by atoms with E-state index in [0.717, 1.165) is 28.1 Å². The molecule has 2 atom stereocenters. The molecule has 0 bridgehead atoms. The van der Waals surface area contributed by atoms with Gasteiger partial charge in [-0.2, -0.15) is 5.10 Å². The molecule has 0 fully saturated rings. The van der Waals surface area contributed by atoms with Crippen molar-refractivity contribution < 1.29 is 9.53 Å². The first-order chi connectivity index (χ1) is 17.9. The molecule has 0 aliphatic carbocycles. The van der Waals surface area contributed by atoms with Gasteiger partial charge in [-0.25, -0.2) is 0 Å². The maximum absolute atomic E-state index is 12.9. The number of hydrogen-bond acceptors (Lipinski definition) is 6. The van der Waals surface area contributed by atoms with Crippen molar-refractivity contribution in [1.82, 2.24) is 19.7 Å². The van der Waals surface area contributed by atoms with Crippen LogP contribution in [0.3, 0.4) is 0 Å². The summed E-state index contributed by atoms with van der Waals surface area (Å²) in [6, 6.07) is 19.1. The molecule has 3 heterocycles. The van der Waals surface area contributed by atoms with Crippen molar-refractivity contribution in [2.24, 2.45) is 0 Å². The minimum absolute atomic E-state index is 0.0368. The van der Waals surface area contributed by atoms with Crippen LogP contribution < -0.4 is 26.0 Å². The number of nitrogens with two attached hydrogens (primary N) is 1. The van der Waals surface area contributed by atoms with Crippen LogP contribution in [0.1, 0.15) is 27.0 Å². The molecule has 3 N–H and O–H groups in total. The number of nitrogen functional groups attached to an aromatic ring is 1. The first-order valence-corrected chi connectivity index (χ1v) is 12.5. The molecule has 9 nitrogen and oxygen atoms in total. The number of pyridine rings is 1. The number of aromatic nitrogens is 3. The van der Waals surface area contributed by atoms with Crippen molar-refractivity contribution in [3.8, 4) is 5.75 Å². The van der Waals surface area contributed by atoms with Gasteiger partial charge in [-0.15, -0.1) is 0 Å². The van der Waals surface area contributed by atoms with Crippen molar-refractivity contribution in [3.05, 3.63) is 106 Å². The summed E-state index contributed by atoms with van der Waals surface area (Å²) < 4.78 is 11.5. The van der Waals surface area contributed by atoms with E-state index >= 15 is 0 Å². The predicted molar refractivity (Wildman–Crippen MR) is 147 cm³/mol. The van der Waals surface area contributed by atoms with Crippen molar-refractivity contribution in [1.29, 1.82) is 0 Å². The summed E-state index contributed by atoms with van der Waals surface area (Å²) in [5.74, 6) is 0.687. The SMILES string of the molecule is Cc1ccc2c(c1)OC(CNC(=O)c1cn(Cc3ccc(Cn4ccccc4=O)cc3)nc1N)CN2P. The van der Waals surface area contributed by atoms with E-state index in [1.165, 1.54) is 0 Å². The van der Waals surface area contributed by atoms with Crippen LogP contribution in [-0.2, 0) is 13.1 Å². The second kappa shape index (κ2) is 10.5. The van der Waals surface area contributed by atoms with Gasteiger partial charge in [0.1, 0.15) is 17.4 Å². The van der Waals surface area contributed by atoms with Gasteiger partial charge in [0.25, 0.3) is 11.5 Å². The van der Waals surface area contributed by atoms with Gasteiger partial charge in [-0.05, 0) is 51.2 Å². The Morgan fingerprint density at radius 2 is 1.89 bits per heavy atom. The number of fused-ring (bicyclic) bond motifs is 1. The molecule has 10 heteroatoms. The number of nitrogens with zero attached hydrogens (tertiary/aromatic N) is 4. The second-order valence-corrected chi connectivity index (χ2v) is 9.81. The topological polar surface area (TPSA) is 107 Å². The number of aryl methyl sites for hydroxylation is 1. The van der Waals surface area contributed by atoms with Gasteiger partial charge in [0.15, 0.2) is 5.82 Å². The smallest absolute Gasteiger partial charge is 0.256 e. The van der Waals surface area contributed by atoms with Gasteiger partial charge in [0.2, 0.25) is 0 Å². The summed E-state index contributed by atoms with van der Waals surface area (Å²) in [6.07, 6.45) is 3.23. The molecular formula is C27H29N6O3P. The number of ether oxygens (including phenoxy) is 1. The highest BCUT2D eigenvalue weighted by Gasteiger charge is 2.25. The first kappa shape index (κ1) is 24.6. The lowest BCUT2D eigenvalue weighted by atomic mass is 10.1. The fourth-order valence-electron chi connectivity index (χ4n) is 4.31. The lowest BCUT2D eigenvalue weighted by Gasteiger charge is -2.33. The molecule has 1 aliphatic rings. The first-order valence-electron chi connectivity index (χ1n) is 12.0. The quantitative estimate of drug-likeness (QED) is 0.366. The molecule has 0 radical (unpaired) electrons. The third-order valence-electron chi connectivity index (χ3n) is 6.26. The molecule has 0 saturated carbocycles. The normalized spacial score (nSPS) is 14.6. The molecule has 0 spiro atoms. The molecular weight excluding hydrogens is 487 g/mol. The summed E-state index contributed by atoms with van der Waals surface area (Å²) in [5.41, 5.74) is 10.5. The highest BCUT2D eigenvalue weighted by Crippen LogP contribution is 2.35. The highest BCUT2D eigenvalue weighted by molar-refractivity contribution is 7.19. The van der Waals surface area contributed by atoms with Crippen LogP contribution >= 0.6 is 9.39 Å². The van der Waals surface area contributed by atoms with Crippen LogP contribution in [0, 0.1) is 6.92 Å². The molecule has 0 saturated heterocycles. The van der Waals surface area contributed by atoms with E-state index in [-0.39, 0.29) is 23.4 Å². The lowest BCUT2D eigenvalue weighted by Crippen LogP contribution is -2.43. The van der Waals surface area contributed by atoms with Crippen LogP contribution in [0.4, 0.5) is 11.5 Å². The zero-order valence-corrected chi connectivity index (χ0v) is 21.7. The molecule has 190 valence electrons. The van der Waals surface area contributed by atoms with Crippen LogP contribution in [0.2, 0.25) is 0 Å². The summed E-state index contributed by atoms with van der Waals surface area (Å²) in [5, 5.41) is 7.25. The van der Waals surface area contributed by atoms with E-state index in [1.54, 1.807) is 33.8 Å². The van der Waals surface area contributed by atoms with Crippen LogP contribution in [0.5, 0.6) is 5.75 Å². The lowest BCUT2D eigenvalue weighted by molar-refractivity contribution is 0.0928. The van der Waals surface area contributed by atoms with Gasteiger partial charge in [-0.3, -0.25) is 14.3 Å². The molecule has 2 unspecified atom stereocenters. The summed E-state index contributed by atoms with van der Waals surface area (Å²) in [6.45, 7) is 3.96. The van der Waals surface area contributed by atoms with Gasteiger partial charge in [0.05, 0.1) is 31.9 Å². The summed E-state index contributed by atoms with van der Waals surface area (Å²) in [4.78, 5) is 24.8. The number of rotatable bonds is 7. The number of nitrogens with one attached hydrogen (secondary N) is 1.